The van der Waals surface area contributed by atoms with Crippen LogP contribution >= 0.6 is 12.2 Å². The van der Waals surface area contributed by atoms with Gasteiger partial charge in [0, 0.05) is 23.6 Å². The zero-order valence-corrected chi connectivity index (χ0v) is 14.5. The molecule has 2 heterocycles. The standard InChI is InChI=1S/C19H15N3O3S/c23-17-14-6-5-11(18(24)25)9-16(14)21-19(26)22(17)8-7-12-10-20-15-4-2-1-3-13(12)15/h1-6,9-10,20H,7-8H2,(H,21,26)(H,24,25). The monoisotopic (exact) mass is 365 g/mol. The van der Waals surface area contributed by atoms with Crippen molar-refractivity contribution in [2.24, 2.45) is 0 Å². The van der Waals surface area contributed by atoms with Gasteiger partial charge in [-0.1, -0.05) is 18.2 Å². The van der Waals surface area contributed by atoms with Crippen LogP contribution in [0.2, 0.25) is 0 Å². The van der Waals surface area contributed by atoms with Crippen LogP contribution in [-0.4, -0.2) is 25.6 Å². The quantitative estimate of drug-likeness (QED) is 0.483. The lowest BCUT2D eigenvalue weighted by atomic mass is 10.1. The number of carboxylic acids is 1. The van der Waals surface area contributed by atoms with Gasteiger partial charge in [0.1, 0.15) is 0 Å². The zero-order valence-electron chi connectivity index (χ0n) is 13.7. The molecule has 6 nitrogen and oxygen atoms in total. The minimum absolute atomic E-state index is 0.110. The van der Waals surface area contributed by atoms with Crippen LogP contribution in [0.4, 0.5) is 0 Å². The van der Waals surface area contributed by atoms with E-state index in [0.717, 1.165) is 16.5 Å². The van der Waals surface area contributed by atoms with Gasteiger partial charge in [-0.05, 0) is 48.5 Å². The summed E-state index contributed by atoms with van der Waals surface area (Å²) in [6.45, 7) is 0.437. The van der Waals surface area contributed by atoms with E-state index in [4.69, 9.17) is 17.3 Å². The van der Waals surface area contributed by atoms with Crippen molar-refractivity contribution in [2.45, 2.75) is 13.0 Å². The summed E-state index contributed by atoms with van der Waals surface area (Å²) in [6, 6.07) is 12.4. The number of aryl methyl sites for hydroxylation is 1. The minimum atomic E-state index is -1.05. The molecule has 4 rings (SSSR count). The van der Waals surface area contributed by atoms with Crippen LogP contribution in [0.15, 0.2) is 53.5 Å². The number of rotatable bonds is 4. The molecule has 0 aliphatic heterocycles. The number of hydrogen-bond donors (Lipinski definition) is 3. The van der Waals surface area contributed by atoms with Gasteiger partial charge < -0.3 is 15.1 Å². The molecule has 0 amide bonds. The molecule has 4 aromatic rings. The first-order valence-electron chi connectivity index (χ1n) is 8.10. The number of fused-ring (bicyclic) bond motifs is 2. The molecule has 0 saturated carbocycles. The minimum Gasteiger partial charge on any atom is -0.478 e. The van der Waals surface area contributed by atoms with Crippen molar-refractivity contribution in [2.75, 3.05) is 0 Å². The lowest BCUT2D eigenvalue weighted by Gasteiger charge is -2.08. The largest absolute Gasteiger partial charge is 0.478 e. The van der Waals surface area contributed by atoms with Crippen LogP contribution in [0.1, 0.15) is 15.9 Å². The molecule has 130 valence electrons. The Bertz CT molecular complexity index is 1270. The van der Waals surface area contributed by atoms with Gasteiger partial charge in [-0.15, -0.1) is 0 Å². The fourth-order valence-corrected chi connectivity index (χ4v) is 3.45. The van der Waals surface area contributed by atoms with Crippen LogP contribution in [0, 0.1) is 4.77 Å². The Labute approximate surface area is 152 Å². The van der Waals surface area contributed by atoms with Crippen molar-refractivity contribution in [3.05, 3.63) is 74.9 Å². The number of H-pyrrole nitrogens is 2. The highest BCUT2D eigenvalue weighted by Gasteiger charge is 2.10. The summed E-state index contributed by atoms with van der Waals surface area (Å²) in [6.07, 6.45) is 2.60. The van der Waals surface area contributed by atoms with Crippen molar-refractivity contribution < 1.29 is 9.90 Å². The van der Waals surface area contributed by atoms with Crippen molar-refractivity contribution in [1.29, 1.82) is 0 Å². The third-order valence-corrected chi connectivity index (χ3v) is 4.83. The van der Waals surface area contributed by atoms with E-state index in [1.807, 2.05) is 30.5 Å². The van der Waals surface area contributed by atoms with Gasteiger partial charge >= 0.3 is 5.97 Å². The van der Waals surface area contributed by atoms with E-state index in [1.165, 1.54) is 22.8 Å². The SMILES string of the molecule is O=C(O)c1ccc2c(=O)n(CCc3c[nH]c4ccccc34)c(=S)[nH]c2c1. The maximum absolute atomic E-state index is 12.8. The Balaban J connectivity index is 1.72. The molecule has 0 bridgehead atoms. The molecule has 0 aliphatic carbocycles. The van der Waals surface area contributed by atoms with Gasteiger partial charge in [0.25, 0.3) is 5.56 Å². The molecular weight excluding hydrogens is 350 g/mol. The number of aromatic carboxylic acids is 1. The van der Waals surface area contributed by atoms with Crippen LogP contribution in [0.5, 0.6) is 0 Å². The average Bonchev–Trinajstić information content (AvgIpc) is 3.04. The number of aromatic nitrogens is 3. The Morgan fingerprint density at radius 2 is 1.92 bits per heavy atom. The number of carbonyl (C=O) groups is 1. The third kappa shape index (κ3) is 2.72. The Morgan fingerprint density at radius 1 is 1.12 bits per heavy atom. The van der Waals surface area contributed by atoms with Gasteiger partial charge in [-0.25, -0.2) is 4.79 Å². The number of para-hydroxylation sites is 1. The predicted molar refractivity (Wildman–Crippen MR) is 102 cm³/mol. The normalized spacial score (nSPS) is 11.2. The highest BCUT2D eigenvalue weighted by Crippen LogP contribution is 2.18. The smallest absolute Gasteiger partial charge is 0.335 e. The molecule has 0 aliphatic rings. The van der Waals surface area contributed by atoms with Crippen LogP contribution in [0.25, 0.3) is 21.8 Å². The van der Waals surface area contributed by atoms with Crippen LogP contribution in [-0.2, 0) is 13.0 Å². The first-order valence-corrected chi connectivity index (χ1v) is 8.50. The third-order valence-electron chi connectivity index (χ3n) is 4.51. The molecule has 3 N–H and O–H groups in total. The van der Waals surface area contributed by atoms with Gasteiger partial charge in [-0.3, -0.25) is 9.36 Å². The fourth-order valence-electron chi connectivity index (χ4n) is 3.16. The first-order chi connectivity index (χ1) is 12.5. The van der Waals surface area contributed by atoms with Gasteiger partial charge in [0.05, 0.1) is 16.5 Å². The lowest BCUT2D eigenvalue weighted by molar-refractivity contribution is 0.0697. The zero-order chi connectivity index (χ0) is 18.3. The number of hydrogen-bond acceptors (Lipinski definition) is 3. The van der Waals surface area contributed by atoms with Crippen molar-refractivity contribution >= 4 is 40.0 Å². The highest BCUT2D eigenvalue weighted by molar-refractivity contribution is 7.71. The van der Waals surface area contributed by atoms with Crippen molar-refractivity contribution in [1.82, 2.24) is 14.5 Å². The first kappa shape index (κ1) is 16.3. The molecule has 2 aromatic heterocycles. The summed E-state index contributed by atoms with van der Waals surface area (Å²) in [5.74, 6) is -1.05. The van der Waals surface area contributed by atoms with E-state index in [-0.39, 0.29) is 15.9 Å². The Morgan fingerprint density at radius 3 is 2.73 bits per heavy atom. The molecule has 26 heavy (non-hydrogen) atoms. The second-order valence-corrected chi connectivity index (χ2v) is 6.45. The maximum atomic E-state index is 12.8. The fraction of sp³-hybridized carbons (Fsp3) is 0.105. The average molecular weight is 365 g/mol. The summed E-state index contributed by atoms with van der Waals surface area (Å²) in [7, 11) is 0. The van der Waals surface area contributed by atoms with E-state index in [2.05, 4.69) is 9.97 Å². The summed E-state index contributed by atoms with van der Waals surface area (Å²) >= 11 is 5.32. The van der Waals surface area contributed by atoms with Gasteiger partial charge in [-0.2, -0.15) is 0 Å². The molecule has 2 aromatic carbocycles. The lowest BCUT2D eigenvalue weighted by Crippen LogP contribution is -2.23. The van der Waals surface area contributed by atoms with Crippen molar-refractivity contribution in [3.8, 4) is 0 Å². The molecule has 0 spiro atoms. The summed E-state index contributed by atoms with van der Waals surface area (Å²) in [5, 5.41) is 10.6. The number of nitrogens with zero attached hydrogens (tertiary/aromatic N) is 1. The molecule has 0 atom stereocenters. The van der Waals surface area contributed by atoms with E-state index >= 15 is 0 Å². The number of nitrogens with one attached hydrogen (secondary N) is 2. The van der Waals surface area contributed by atoms with E-state index < -0.39 is 5.97 Å². The Kier molecular flexibility index (Phi) is 3.93. The topological polar surface area (TPSA) is 90.9 Å². The van der Waals surface area contributed by atoms with E-state index in [0.29, 0.717) is 23.9 Å². The second-order valence-electron chi connectivity index (χ2n) is 6.06. The molecule has 0 fully saturated rings. The molecular formula is C19H15N3O3S. The molecule has 7 heteroatoms. The predicted octanol–water partition coefficient (Wildman–Crippen LogP) is 3.48. The van der Waals surface area contributed by atoms with Gasteiger partial charge in [0.15, 0.2) is 4.77 Å². The van der Waals surface area contributed by atoms with Crippen LogP contribution < -0.4 is 5.56 Å². The summed E-state index contributed by atoms with van der Waals surface area (Å²) in [4.78, 5) is 30.1. The van der Waals surface area contributed by atoms with E-state index in [1.54, 1.807) is 0 Å². The van der Waals surface area contributed by atoms with E-state index in [9.17, 15) is 9.59 Å². The molecule has 0 unspecified atom stereocenters. The second kappa shape index (κ2) is 6.27. The number of carboxylic acid groups (broad SMARTS) is 1. The van der Waals surface area contributed by atoms with Gasteiger partial charge in [0.2, 0.25) is 0 Å². The molecule has 0 radical (unpaired) electrons. The summed E-state index contributed by atoms with van der Waals surface area (Å²) in [5.41, 5.74) is 2.49. The Hall–Kier alpha value is -3.19. The number of aromatic amines is 2. The molecule has 0 saturated heterocycles. The van der Waals surface area contributed by atoms with Crippen molar-refractivity contribution in [3.63, 3.8) is 0 Å². The maximum Gasteiger partial charge on any atom is 0.335 e. The highest BCUT2D eigenvalue weighted by atomic mass is 32.1. The van der Waals surface area contributed by atoms with Crippen LogP contribution in [0.3, 0.4) is 0 Å². The number of benzene rings is 2. The summed E-state index contributed by atoms with van der Waals surface area (Å²) < 4.78 is 1.80.